The number of aromatic amines is 1. The van der Waals surface area contributed by atoms with Crippen molar-refractivity contribution in [1.29, 1.82) is 0 Å². The number of carboxylic acids is 3. The minimum absolute atomic E-state index is 0.00216. The first-order chi connectivity index (χ1) is 38.7. The third-order valence-electron chi connectivity index (χ3n) is 12.1. The standard InChI is InChI=1S/C24H22N2O2.C23H25NO2.C21H19NO4/c1-26(18-24(27)28)17-15-21(20-6-3-2-4-7-20)12-9-19-10-13-22(14-11-19)23-8-5-16-25-23;1-18(2)22-12-8-7-11-21(22)14-13-20(19-9-5-4-6-10-19)15-16-24(3)17-23(25)26;1-22(14-21(23)24)12-11-18(17-5-3-2-4-6-17)9-7-16-8-10-19-20(13-16)26-15-25-19/h2-8,10-11,13-16,25H,17-18H2,1H3,(H,27,28);4-12,15,18H,16-17H2,1-3H3,(H,25,26);2-6,8,10-11,13H,12,14-15H2,1H3,(H,23,24). The van der Waals surface area contributed by atoms with Gasteiger partial charge in [0.2, 0.25) is 6.79 Å². The van der Waals surface area contributed by atoms with Gasteiger partial charge in [0, 0.05) is 64.9 Å². The second-order valence-corrected chi connectivity index (χ2v) is 18.9. The average Bonchev–Trinajstić information content (AvgIpc) is 4.18. The molecule has 0 atom stereocenters. The summed E-state index contributed by atoms with van der Waals surface area (Å²) in [6.45, 7) is 6.06. The molecule has 0 spiro atoms. The fraction of sp³-hybridized carbons (Fsp3) is 0.191. The molecule has 0 saturated carbocycles. The molecule has 1 aliphatic heterocycles. The quantitative estimate of drug-likeness (QED) is 0.0644. The van der Waals surface area contributed by atoms with E-state index in [4.69, 9.17) is 24.8 Å². The summed E-state index contributed by atoms with van der Waals surface area (Å²) in [6, 6.07) is 55.6. The SMILES string of the molecule is CC(C)c1ccccc1C#CC(=CCN(C)CC(=O)O)c1ccccc1.CN(CC=C(C#Cc1ccc(-c2ccc[nH]2)cc1)c1ccccc1)CC(=O)O.CN(CC=C(C#Cc1ccc2c(c1)OCO2)c1ccccc1)CC(=O)O. The van der Waals surface area contributed by atoms with Crippen molar-refractivity contribution in [2.24, 2.45) is 0 Å². The molecule has 0 aliphatic carbocycles. The Labute approximate surface area is 470 Å². The molecule has 0 fully saturated rings. The minimum atomic E-state index is -0.853. The van der Waals surface area contributed by atoms with Gasteiger partial charge in [-0.3, -0.25) is 29.1 Å². The van der Waals surface area contributed by atoms with E-state index in [9.17, 15) is 14.4 Å². The summed E-state index contributed by atoms with van der Waals surface area (Å²) >= 11 is 0. The van der Waals surface area contributed by atoms with Crippen molar-refractivity contribution in [3.05, 3.63) is 233 Å². The van der Waals surface area contributed by atoms with Gasteiger partial charge < -0.3 is 29.8 Å². The fourth-order valence-electron chi connectivity index (χ4n) is 7.95. The number of carboxylic acid groups (broad SMARTS) is 3. The lowest BCUT2D eigenvalue weighted by Gasteiger charge is -2.11. The van der Waals surface area contributed by atoms with Crippen LogP contribution in [0.1, 0.15) is 58.7 Å². The molecule has 1 aliphatic rings. The van der Waals surface area contributed by atoms with Crippen LogP contribution in [0.5, 0.6) is 11.5 Å². The van der Waals surface area contributed by atoms with E-state index in [1.54, 1.807) is 35.8 Å². The van der Waals surface area contributed by atoms with Gasteiger partial charge in [-0.15, -0.1) is 0 Å². The first-order valence-corrected chi connectivity index (χ1v) is 26.0. The molecule has 0 radical (unpaired) electrons. The molecular formula is C68H66N4O8. The second-order valence-electron chi connectivity index (χ2n) is 18.9. The van der Waals surface area contributed by atoms with Crippen LogP contribution in [0, 0.1) is 35.5 Å². The van der Waals surface area contributed by atoms with Crippen LogP contribution < -0.4 is 9.47 Å². The molecular weight excluding hydrogens is 1000 g/mol. The highest BCUT2D eigenvalue weighted by Gasteiger charge is 2.13. The van der Waals surface area contributed by atoms with E-state index in [1.807, 2.05) is 188 Å². The largest absolute Gasteiger partial charge is 0.480 e. The van der Waals surface area contributed by atoms with Crippen molar-refractivity contribution in [2.75, 3.05) is 67.2 Å². The van der Waals surface area contributed by atoms with Crippen LogP contribution in [0.15, 0.2) is 194 Å². The van der Waals surface area contributed by atoms with E-state index in [0.717, 1.165) is 67.1 Å². The van der Waals surface area contributed by atoms with Crippen LogP contribution in [-0.4, -0.2) is 120 Å². The summed E-state index contributed by atoms with van der Waals surface area (Å²) in [5.74, 6) is 18.7. The molecule has 0 amide bonds. The number of fused-ring (bicyclic) bond motifs is 1. The van der Waals surface area contributed by atoms with Crippen molar-refractivity contribution in [1.82, 2.24) is 19.7 Å². The maximum Gasteiger partial charge on any atom is 0.317 e. The van der Waals surface area contributed by atoms with Crippen molar-refractivity contribution >= 4 is 34.6 Å². The number of benzene rings is 6. The fourth-order valence-corrected chi connectivity index (χ4v) is 7.95. The molecule has 6 aromatic carbocycles. The number of allylic oxidation sites excluding steroid dienone is 3. The Hall–Kier alpha value is -9.61. The predicted molar refractivity (Wildman–Crippen MR) is 319 cm³/mol. The number of hydrogen-bond donors (Lipinski definition) is 4. The maximum atomic E-state index is 10.9. The molecule has 0 bridgehead atoms. The van der Waals surface area contributed by atoms with Gasteiger partial charge in [-0.05, 0) is 103 Å². The molecule has 80 heavy (non-hydrogen) atoms. The summed E-state index contributed by atoms with van der Waals surface area (Å²) < 4.78 is 10.7. The van der Waals surface area contributed by atoms with Crippen molar-refractivity contribution in [3.63, 3.8) is 0 Å². The van der Waals surface area contributed by atoms with E-state index in [1.165, 1.54) is 5.56 Å². The highest BCUT2D eigenvalue weighted by molar-refractivity contribution is 5.82. The smallest absolute Gasteiger partial charge is 0.317 e. The summed E-state index contributed by atoms with van der Waals surface area (Å²) in [6.07, 6.45) is 7.81. The van der Waals surface area contributed by atoms with Crippen LogP contribution >= 0.6 is 0 Å². The third-order valence-corrected chi connectivity index (χ3v) is 12.1. The number of hydrogen-bond acceptors (Lipinski definition) is 8. The minimum Gasteiger partial charge on any atom is -0.480 e. The molecule has 1 aromatic heterocycles. The van der Waals surface area contributed by atoms with E-state index in [-0.39, 0.29) is 26.4 Å². The van der Waals surface area contributed by atoms with E-state index < -0.39 is 17.9 Å². The Balaban J connectivity index is 0.000000194. The topological polar surface area (TPSA) is 156 Å². The van der Waals surface area contributed by atoms with Crippen LogP contribution in [-0.2, 0) is 14.4 Å². The number of H-pyrrole nitrogens is 1. The first kappa shape index (κ1) is 59.6. The van der Waals surface area contributed by atoms with Gasteiger partial charge in [-0.25, -0.2) is 0 Å². The predicted octanol–water partition coefficient (Wildman–Crippen LogP) is 11.3. The van der Waals surface area contributed by atoms with Gasteiger partial charge in [0.05, 0.1) is 19.6 Å². The lowest BCUT2D eigenvalue weighted by atomic mass is 9.97. The molecule has 406 valence electrons. The molecule has 8 rings (SSSR count). The summed E-state index contributed by atoms with van der Waals surface area (Å²) in [5, 5.41) is 26.7. The number of carbonyl (C=O) groups is 3. The van der Waals surface area contributed by atoms with Crippen LogP contribution in [0.25, 0.3) is 28.0 Å². The highest BCUT2D eigenvalue weighted by atomic mass is 16.7. The number of nitrogens with zero attached hydrogens (tertiary/aromatic N) is 3. The number of likely N-dealkylation sites (N-methyl/N-ethyl adjacent to an activating group) is 3. The Morgan fingerprint density at radius 3 is 1.39 bits per heavy atom. The van der Waals surface area contributed by atoms with E-state index in [2.05, 4.69) is 60.4 Å². The zero-order valence-electron chi connectivity index (χ0n) is 45.7. The van der Waals surface area contributed by atoms with Gasteiger partial charge >= 0.3 is 17.9 Å². The third kappa shape index (κ3) is 20.4. The normalized spacial score (nSPS) is 11.7. The van der Waals surface area contributed by atoms with Crippen LogP contribution in [0.4, 0.5) is 0 Å². The lowest BCUT2D eigenvalue weighted by Crippen LogP contribution is -2.25. The van der Waals surface area contributed by atoms with Gasteiger partial charge in [0.1, 0.15) is 0 Å². The maximum absolute atomic E-state index is 10.9. The van der Waals surface area contributed by atoms with Crippen LogP contribution in [0.3, 0.4) is 0 Å². The Morgan fingerprint density at radius 1 is 0.512 bits per heavy atom. The lowest BCUT2D eigenvalue weighted by molar-refractivity contribution is -0.138. The molecule has 4 N–H and O–H groups in total. The van der Waals surface area contributed by atoms with Crippen molar-refractivity contribution < 1.29 is 39.2 Å². The Morgan fingerprint density at radius 2 is 0.938 bits per heavy atom. The summed E-state index contributed by atoms with van der Waals surface area (Å²) in [5.41, 5.74) is 11.9. The monoisotopic (exact) mass is 1070 g/mol. The molecule has 0 unspecified atom stereocenters. The average molecular weight is 1070 g/mol. The first-order valence-electron chi connectivity index (χ1n) is 26.0. The number of nitrogens with one attached hydrogen (secondary N) is 1. The number of aliphatic carboxylic acids is 3. The van der Waals surface area contributed by atoms with Gasteiger partial charge in [0.25, 0.3) is 0 Å². The summed E-state index contributed by atoms with van der Waals surface area (Å²) in [7, 11) is 5.33. The van der Waals surface area contributed by atoms with Crippen LogP contribution in [0.2, 0.25) is 0 Å². The molecule has 12 nitrogen and oxygen atoms in total. The molecule has 7 aromatic rings. The van der Waals surface area contributed by atoms with E-state index in [0.29, 0.717) is 31.3 Å². The number of ether oxygens (including phenoxy) is 2. The molecule has 0 saturated heterocycles. The number of rotatable bonds is 17. The van der Waals surface area contributed by atoms with Crippen molar-refractivity contribution in [2.45, 2.75) is 19.8 Å². The number of aromatic nitrogens is 1. The van der Waals surface area contributed by atoms with Gasteiger partial charge in [-0.1, -0.05) is 189 Å². The van der Waals surface area contributed by atoms with Gasteiger partial charge in [0.15, 0.2) is 11.5 Å². The van der Waals surface area contributed by atoms with Gasteiger partial charge in [-0.2, -0.15) is 0 Å². The Bertz CT molecular complexity index is 3430. The highest BCUT2D eigenvalue weighted by Crippen LogP contribution is 2.32. The molecule has 12 heteroatoms. The molecule has 2 heterocycles. The Kier molecular flexibility index (Phi) is 23.5. The van der Waals surface area contributed by atoms with Crippen molar-refractivity contribution in [3.8, 4) is 58.3 Å². The van der Waals surface area contributed by atoms with E-state index >= 15 is 0 Å². The second kappa shape index (κ2) is 31.6. The zero-order valence-corrected chi connectivity index (χ0v) is 45.7. The summed E-state index contributed by atoms with van der Waals surface area (Å²) in [4.78, 5) is 40.9. The zero-order chi connectivity index (χ0) is 57.1.